The summed E-state index contributed by atoms with van der Waals surface area (Å²) in [7, 11) is 0. The predicted octanol–water partition coefficient (Wildman–Crippen LogP) is 5.91. The molecule has 0 atom stereocenters. The van der Waals surface area contributed by atoms with E-state index in [1.54, 1.807) is 0 Å². The highest BCUT2D eigenvalue weighted by molar-refractivity contribution is 9.10. The number of fused-ring (bicyclic) bond motifs is 4. The van der Waals surface area contributed by atoms with Crippen molar-refractivity contribution in [2.75, 3.05) is 0 Å². The third kappa shape index (κ3) is 1.73. The second-order valence-corrected chi connectivity index (χ2v) is 5.77. The number of hydrogen-bond donors (Lipinski definition) is 0. The topological polar surface area (TPSA) is 0 Å². The molecule has 0 saturated heterocycles. The molecule has 4 rings (SSSR count). The summed E-state index contributed by atoms with van der Waals surface area (Å²) in [5.41, 5.74) is 0. The zero-order valence-corrected chi connectivity index (χ0v) is 11.8. The smallest absolute Gasteiger partial charge is 0.0181 e. The van der Waals surface area contributed by atoms with E-state index in [4.69, 9.17) is 0 Å². The Labute approximate surface area is 119 Å². The zero-order valence-electron chi connectivity index (χ0n) is 10.2. The van der Waals surface area contributed by atoms with Gasteiger partial charge in [-0.25, -0.2) is 0 Å². The van der Waals surface area contributed by atoms with Crippen LogP contribution in [-0.2, 0) is 0 Å². The quantitative estimate of drug-likeness (QED) is 0.280. The van der Waals surface area contributed by atoms with Gasteiger partial charge in [0.15, 0.2) is 0 Å². The lowest BCUT2D eigenvalue weighted by atomic mass is 9.98. The van der Waals surface area contributed by atoms with Crippen molar-refractivity contribution in [1.82, 2.24) is 0 Å². The van der Waals surface area contributed by atoms with Gasteiger partial charge in [-0.2, -0.15) is 0 Å². The van der Waals surface area contributed by atoms with Crippen molar-refractivity contribution in [1.29, 1.82) is 0 Å². The summed E-state index contributed by atoms with van der Waals surface area (Å²) >= 11 is 3.54. The Morgan fingerprint density at radius 2 is 1.32 bits per heavy atom. The Morgan fingerprint density at radius 1 is 0.526 bits per heavy atom. The van der Waals surface area contributed by atoms with E-state index < -0.39 is 0 Å². The van der Waals surface area contributed by atoms with Crippen LogP contribution in [0.1, 0.15) is 0 Å². The summed E-state index contributed by atoms with van der Waals surface area (Å²) in [6.07, 6.45) is 0. The Hall–Kier alpha value is -1.86. The molecule has 0 heterocycles. The van der Waals surface area contributed by atoms with E-state index in [1.165, 1.54) is 32.3 Å². The number of rotatable bonds is 0. The van der Waals surface area contributed by atoms with Gasteiger partial charge in [0.25, 0.3) is 0 Å². The summed E-state index contributed by atoms with van der Waals surface area (Å²) in [4.78, 5) is 0. The molecule has 0 nitrogen and oxygen atoms in total. The first-order chi connectivity index (χ1) is 9.31. The molecular formula is C18H11Br. The average molecular weight is 307 g/mol. The Kier molecular flexibility index (Phi) is 2.36. The largest absolute Gasteiger partial charge is 0.0616 e. The maximum Gasteiger partial charge on any atom is 0.0181 e. The maximum absolute atomic E-state index is 3.54. The van der Waals surface area contributed by atoms with Gasteiger partial charge in [-0.1, -0.05) is 58.4 Å². The molecule has 90 valence electrons. The van der Waals surface area contributed by atoms with Crippen LogP contribution in [0.15, 0.2) is 71.2 Å². The summed E-state index contributed by atoms with van der Waals surface area (Å²) in [5.74, 6) is 0. The van der Waals surface area contributed by atoms with Crippen LogP contribution >= 0.6 is 15.9 Å². The molecule has 0 aliphatic heterocycles. The van der Waals surface area contributed by atoms with Crippen LogP contribution in [0.3, 0.4) is 0 Å². The molecule has 0 saturated carbocycles. The average Bonchev–Trinajstić information content (AvgIpc) is 2.45. The van der Waals surface area contributed by atoms with E-state index in [0.717, 1.165) is 4.47 Å². The van der Waals surface area contributed by atoms with Crippen LogP contribution in [0.5, 0.6) is 0 Å². The van der Waals surface area contributed by atoms with Gasteiger partial charge in [0.05, 0.1) is 0 Å². The molecule has 0 amide bonds. The van der Waals surface area contributed by atoms with Crippen molar-refractivity contribution in [3.63, 3.8) is 0 Å². The van der Waals surface area contributed by atoms with Gasteiger partial charge in [-0.05, 0) is 56.6 Å². The van der Waals surface area contributed by atoms with Crippen molar-refractivity contribution >= 4 is 48.2 Å². The highest BCUT2D eigenvalue weighted by atomic mass is 79.9. The molecule has 0 unspecified atom stereocenters. The third-order valence-electron chi connectivity index (χ3n) is 3.66. The minimum atomic E-state index is 1.13. The first-order valence-corrected chi connectivity index (χ1v) is 7.11. The lowest BCUT2D eigenvalue weighted by molar-refractivity contribution is 1.73. The Morgan fingerprint density at radius 3 is 2.26 bits per heavy atom. The molecule has 4 aromatic carbocycles. The van der Waals surface area contributed by atoms with Gasteiger partial charge in [0.2, 0.25) is 0 Å². The summed E-state index contributed by atoms with van der Waals surface area (Å²) in [6, 6.07) is 24.0. The fourth-order valence-electron chi connectivity index (χ4n) is 2.72. The molecular weight excluding hydrogens is 296 g/mol. The molecule has 0 bridgehead atoms. The lowest BCUT2D eigenvalue weighted by Crippen LogP contribution is -1.79. The van der Waals surface area contributed by atoms with Gasteiger partial charge in [0.1, 0.15) is 0 Å². The van der Waals surface area contributed by atoms with Gasteiger partial charge in [-0.15, -0.1) is 0 Å². The van der Waals surface area contributed by atoms with Crippen LogP contribution < -0.4 is 0 Å². The minimum absolute atomic E-state index is 1.13. The van der Waals surface area contributed by atoms with E-state index in [0.29, 0.717) is 0 Å². The molecule has 0 aliphatic carbocycles. The molecule has 0 radical (unpaired) electrons. The van der Waals surface area contributed by atoms with Crippen LogP contribution in [-0.4, -0.2) is 0 Å². The monoisotopic (exact) mass is 306 g/mol. The first kappa shape index (κ1) is 11.0. The minimum Gasteiger partial charge on any atom is -0.0616 e. The molecule has 19 heavy (non-hydrogen) atoms. The Bertz CT molecular complexity index is 922. The standard InChI is InChI=1S/C18H11Br/c19-16-8-7-13-11-18-14(9-15(13)10-16)6-5-12-3-1-2-4-17(12)18/h1-11H. The van der Waals surface area contributed by atoms with Crippen LogP contribution in [0.25, 0.3) is 32.3 Å². The van der Waals surface area contributed by atoms with Gasteiger partial charge in [0, 0.05) is 4.47 Å². The number of benzene rings is 4. The second-order valence-electron chi connectivity index (χ2n) is 4.85. The van der Waals surface area contributed by atoms with E-state index in [2.05, 4.69) is 82.7 Å². The predicted molar refractivity (Wildman–Crippen MR) is 86.7 cm³/mol. The maximum atomic E-state index is 3.54. The van der Waals surface area contributed by atoms with Gasteiger partial charge < -0.3 is 0 Å². The van der Waals surface area contributed by atoms with Crippen molar-refractivity contribution in [2.24, 2.45) is 0 Å². The molecule has 0 spiro atoms. The fourth-order valence-corrected chi connectivity index (χ4v) is 3.10. The van der Waals surface area contributed by atoms with Crippen molar-refractivity contribution in [2.45, 2.75) is 0 Å². The van der Waals surface area contributed by atoms with Gasteiger partial charge in [-0.3, -0.25) is 0 Å². The molecule has 0 aliphatic rings. The second kappa shape index (κ2) is 4.07. The molecule has 0 fully saturated rings. The Balaban J connectivity index is 2.22. The highest BCUT2D eigenvalue weighted by Crippen LogP contribution is 2.30. The fraction of sp³-hybridized carbons (Fsp3) is 0. The number of hydrogen-bond acceptors (Lipinski definition) is 0. The molecule has 4 aromatic rings. The van der Waals surface area contributed by atoms with Crippen molar-refractivity contribution < 1.29 is 0 Å². The summed E-state index contributed by atoms with van der Waals surface area (Å²) < 4.78 is 1.13. The van der Waals surface area contributed by atoms with E-state index in [1.807, 2.05) is 0 Å². The van der Waals surface area contributed by atoms with E-state index in [9.17, 15) is 0 Å². The molecule has 0 aromatic heterocycles. The lowest BCUT2D eigenvalue weighted by Gasteiger charge is -2.06. The zero-order chi connectivity index (χ0) is 12.8. The highest BCUT2D eigenvalue weighted by Gasteiger charge is 2.02. The van der Waals surface area contributed by atoms with E-state index >= 15 is 0 Å². The van der Waals surface area contributed by atoms with Crippen LogP contribution in [0.4, 0.5) is 0 Å². The summed E-state index contributed by atoms with van der Waals surface area (Å²) in [6.45, 7) is 0. The number of halogens is 1. The molecule has 0 N–H and O–H groups in total. The van der Waals surface area contributed by atoms with Crippen molar-refractivity contribution in [3.05, 3.63) is 71.2 Å². The van der Waals surface area contributed by atoms with Crippen LogP contribution in [0.2, 0.25) is 0 Å². The normalized spacial score (nSPS) is 11.4. The van der Waals surface area contributed by atoms with Crippen molar-refractivity contribution in [3.8, 4) is 0 Å². The third-order valence-corrected chi connectivity index (χ3v) is 4.16. The van der Waals surface area contributed by atoms with Crippen LogP contribution in [0, 0.1) is 0 Å². The SMILES string of the molecule is Brc1ccc2cc3c(ccc4ccccc43)cc2c1. The summed E-state index contributed by atoms with van der Waals surface area (Å²) in [5, 5.41) is 7.80. The van der Waals surface area contributed by atoms with E-state index in [-0.39, 0.29) is 0 Å². The first-order valence-electron chi connectivity index (χ1n) is 6.32. The van der Waals surface area contributed by atoms with Gasteiger partial charge >= 0.3 is 0 Å². The molecule has 1 heteroatoms.